The molecule has 1 aromatic carbocycles. The lowest BCUT2D eigenvalue weighted by Crippen LogP contribution is -2.17. The third-order valence-electron chi connectivity index (χ3n) is 2.83. The molecule has 0 fully saturated rings. The first-order valence-corrected chi connectivity index (χ1v) is 8.02. The van der Waals surface area contributed by atoms with Gasteiger partial charge in [-0.1, -0.05) is 22.9 Å². The third kappa shape index (κ3) is 3.34. The van der Waals surface area contributed by atoms with Crippen LogP contribution in [0.2, 0.25) is 0 Å². The highest BCUT2D eigenvalue weighted by atomic mass is 79.9. The molecule has 20 heavy (non-hydrogen) atoms. The number of H-pyrrole nitrogens is 1. The van der Waals surface area contributed by atoms with Gasteiger partial charge in [-0.3, -0.25) is 4.57 Å². The summed E-state index contributed by atoms with van der Waals surface area (Å²) >= 11 is 4.91. The topological polar surface area (TPSA) is 76.7 Å². The largest absolute Gasteiger partial charge is 0.343 e. The van der Waals surface area contributed by atoms with E-state index in [0.717, 1.165) is 21.4 Å². The number of nitrogens with two attached hydrogens (primary N) is 1. The van der Waals surface area contributed by atoms with E-state index in [-0.39, 0.29) is 11.7 Å². The van der Waals surface area contributed by atoms with Gasteiger partial charge in [0.25, 0.3) is 0 Å². The standard InChI is InChI=1S/C13H17BrN4OS/c1-3-6-18-12(19)16-17-13(18)20-11-5-4-9(14)7-10(11)8(2)15/h4-5,7-8H,3,6,15H2,1-2H3,(H,16,19). The lowest BCUT2D eigenvalue weighted by atomic mass is 10.1. The normalized spacial score (nSPS) is 12.6. The first-order valence-electron chi connectivity index (χ1n) is 6.41. The molecule has 2 rings (SSSR count). The SMILES string of the molecule is CCCn1c(Sc2ccc(Br)cc2C(C)N)n[nH]c1=O. The molecule has 0 saturated carbocycles. The molecule has 7 heteroatoms. The lowest BCUT2D eigenvalue weighted by Gasteiger charge is -2.12. The molecule has 108 valence electrons. The summed E-state index contributed by atoms with van der Waals surface area (Å²) in [7, 11) is 0. The highest BCUT2D eigenvalue weighted by molar-refractivity contribution is 9.10. The Morgan fingerprint density at radius 2 is 2.30 bits per heavy atom. The zero-order chi connectivity index (χ0) is 14.7. The Hall–Kier alpha value is -1.05. The van der Waals surface area contributed by atoms with Gasteiger partial charge in [-0.15, -0.1) is 5.10 Å². The van der Waals surface area contributed by atoms with Crippen LogP contribution in [0, 0.1) is 0 Å². The van der Waals surface area contributed by atoms with Gasteiger partial charge >= 0.3 is 5.69 Å². The predicted molar refractivity (Wildman–Crippen MR) is 84.0 cm³/mol. The number of rotatable bonds is 5. The quantitative estimate of drug-likeness (QED) is 0.863. The van der Waals surface area contributed by atoms with E-state index in [1.165, 1.54) is 11.8 Å². The maximum absolute atomic E-state index is 11.7. The number of halogens is 1. The van der Waals surface area contributed by atoms with Crippen LogP contribution in [-0.4, -0.2) is 14.8 Å². The number of benzene rings is 1. The number of aromatic nitrogens is 3. The Labute approximate surface area is 130 Å². The van der Waals surface area contributed by atoms with Crippen molar-refractivity contribution in [3.63, 3.8) is 0 Å². The first-order chi connectivity index (χ1) is 9.52. The molecule has 1 unspecified atom stereocenters. The van der Waals surface area contributed by atoms with Crippen molar-refractivity contribution in [2.75, 3.05) is 0 Å². The molecule has 2 aromatic rings. The van der Waals surface area contributed by atoms with E-state index >= 15 is 0 Å². The lowest BCUT2D eigenvalue weighted by molar-refractivity contribution is 0.603. The van der Waals surface area contributed by atoms with Crippen molar-refractivity contribution >= 4 is 27.7 Å². The summed E-state index contributed by atoms with van der Waals surface area (Å²) in [6, 6.07) is 5.87. The minimum atomic E-state index is -0.172. The van der Waals surface area contributed by atoms with Crippen molar-refractivity contribution in [1.82, 2.24) is 14.8 Å². The maximum atomic E-state index is 11.7. The molecular formula is C13H17BrN4OS. The Morgan fingerprint density at radius 1 is 1.55 bits per heavy atom. The van der Waals surface area contributed by atoms with Gasteiger partial charge < -0.3 is 5.73 Å². The van der Waals surface area contributed by atoms with Gasteiger partial charge in [0.15, 0.2) is 5.16 Å². The predicted octanol–water partition coefficient (Wildman–Crippen LogP) is 2.91. The van der Waals surface area contributed by atoms with E-state index in [1.54, 1.807) is 4.57 Å². The summed E-state index contributed by atoms with van der Waals surface area (Å²) in [5, 5.41) is 7.25. The molecule has 0 spiro atoms. The summed E-state index contributed by atoms with van der Waals surface area (Å²) < 4.78 is 2.64. The molecule has 0 aliphatic carbocycles. The number of hydrogen-bond donors (Lipinski definition) is 2. The summed E-state index contributed by atoms with van der Waals surface area (Å²) in [6.07, 6.45) is 0.882. The van der Waals surface area contributed by atoms with Gasteiger partial charge in [0.2, 0.25) is 0 Å². The van der Waals surface area contributed by atoms with E-state index in [0.29, 0.717) is 11.7 Å². The molecule has 0 amide bonds. The van der Waals surface area contributed by atoms with E-state index in [9.17, 15) is 4.79 Å². The van der Waals surface area contributed by atoms with Crippen molar-refractivity contribution in [2.45, 2.75) is 42.9 Å². The smallest absolute Gasteiger partial charge is 0.324 e. The molecule has 0 aliphatic heterocycles. The van der Waals surface area contributed by atoms with E-state index in [4.69, 9.17) is 5.73 Å². The molecular weight excluding hydrogens is 340 g/mol. The fraction of sp³-hybridized carbons (Fsp3) is 0.385. The van der Waals surface area contributed by atoms with Crippen molar-refractivity contribution < 1.29 is 0 Å². The molecule has 1 atom stereocenters. The third-order valence-corrected chi connectivity index (χ3v) is 4.41. The van der Waals surface area contributed by atoms with Crippen LogP contribution in [0.4, 0.5) is 0 Å². The van der Waals surface area contributed by atoms with Gasteiger partial charge in [-0.25, -0.2) is 9.89 Å². The number of hydrogen-bond acceptors (Lipinski definition) is 4. The number of aromatic amines is 1. The van der Waals surface area contributed by atoms with Crippen LogP contribution in [0.3, 0.4) is 0 Å². The van der Waals surface area contributed by atoms with E-state index < -0.39 is 0 Å². The highest BCUT2D eigenvalue weighted by Crippen LogP contribution is 2.33. The second-order valence-electron chi connectivity index (χ2n) is 4.54. The van der Waals surface area contributed by atoms with Crippen LogP contribution in [0.15, 0.2) is 37.5 Å². The van der Waals surface area contributed by atoms with Gasteiger partial charge in [0.05, 0.1) is 0 Å². The van der Waals surface area contributed by atoms with Gasteiger partial charge in [0.1, 0.15) is 0 Å². The zero-order valence-corrected chi connectivity index (χ0v) is 13.8. The van der Waals surface area contributed by atoms with Crippen LogP contribution in [0.25, 0.3) is 0 Å². The molecule has 1 aromatic heterocycles. The Bertz CT molecular complexity index is 650. The minimum Gasteiger partial charge on any atom is -0.324 e. The van der Waals surface area contributed by atoms with Crippen LogP contribution in [-0.2, 0) is 6.54 Å². The second-order valence-corrected chi connectivity index (χ2v) is 6.46. The fourth-order valence-corrected chi connectivity index (χ4v) is 3.32. The average Bonchev–Trinajstić information content (AvgIpc) is 2.74. The van der Waals surface area contributed by atoms with Crippen LogP contribution in [0.5, 0.6) is 0 Å². The molecule has 1 heterocycles. The number of nitrogens with zero attached hydrogens (tertiary/aromatic N) is 2. The van der Waals surface area contributed by atoms with Crippen LogP contribution in [0.1, 0.15) is 31.9 Å². The molecule has 0 bridgehead atoms. The minimum absolute atomic E-state index is 0.0831. The maximum Gasteiger partial charge on any atom is 0.343 e. The Morgan fingerprint density at radius 3 is 2.95 bits per heavy atom. The first kappa shape index (κ1) is 15.3. The van der Waals surface area contributed by atoms with Gasteiger partial charge in [-0.05, 0) is 48.9 Å². The van der Waals surface area contributed by atoms with Crippen molar-refractivity contribution in [1.29, 1.82) is 0 Å². The summed E-state index contributed by atoms with van der Waals surface area (Å²) in [6.45, 7) is 4.62. The van der Waals surface area contributed by atoms with Crippen molar-refractivity contribution in [2.24, 2.45) is 5.73 Å². The van der Waals surface area contributed by atoms with Crippen molar-refractivity contribution in [3.05, 3.63) is 38.7 Å². The van der Waals surface area contributed by atoms with Crippen LogP contribution < -0.4 is 11.4 Å². The van der Waals surface area contributed by atoms with E-state index in [1.807, 2.05) is 32.0 Å². The van der Waals surface area contributed by atoms with Crippen molar-refractivity contribution in [3.8, 4) is 0 Å². The zero-order valence-electron chi connectivity index (χ0n) is 11.4. The molecule has 3 N–H and O–H groups in total. The molecule has 0 aliphatic rings. The number of nitrogens with one attached hydrogen (secondary N) is 1. The second kappa shape index (κ2) is 6.60. The van der Waals surface area contributed by atoms with Gasteiger partial charge in [0, 0.05) is 22.0 Å². The Kier molecular flexibility index (Phi) is 5.06. The Balaban J connectivity index is 2.37. The average molecular weight is 357 g/mol. The summed E-state index contributed by atoms with van der Waals surface area (Å²) in [5.41, 5.74) is 6.87. The molecule has 5 nitrogen and oxygen atoms in total. The van der Waals surface area contributed by atoms with Crippen LogP contribution >= 0.6 is 27.7 Å². The summed E-state index contributed by atoms with van der Waals surface area (Å²) in [4.78, 5) is 12.7. The molecule has 0 radical (unpaired) electrons. The van der Waals surface area contributed by atoms with E-state index in [2.05, 4.69) is 26.1 Å². The highest BCUT2D eigenvalue weighted by Gasteiger charge is 2.14. The monoisotopic (exact) mass is 356 g/mol. The fourth-order valence-electron chi connectivity index (χ4n) is 1.87. The molecule has 0 saturated heterocycles. The summed E-state index contributed by atoms with van der Waals surface area (Å²) in [5.74, 6) is 0. The van der Waals surface area contributed by atoms with Gasteiger partial charge in [-0.2, -0.15) is 0 Å².